The Kier molecular flexibility index (Phi) is 4.33. The highest BCUT2D eigenvalue weighted by molar-refractivity contribution is 6.06. The molecule has 2 aromatic carbocycles. The number of hydrogen-bond donors (Lipinski definition) is 3. The number of aromatic nitrogens is 3. The van der Waals surface area contributed by atoms with E-state index >= 15 is 0 Å². The lowest BCUT2D eigenvalue weighted by Crippen LogP contribution is -2.14. The van der Waals surface area contributed by atoms with Gasteiger partial charge in [-0.1, -0.05) is 37.3 Å². The highest BCUT2D eigenvalue weighted by atomic mass is 16.2. The summed E-state index contributed by atoms with van der Waals surface area (Å²) in [6.45, 7) is 2.09. The topological polar surface area (TPSA) is 82.7 Å². The van der Waals surface area contributed by atoms with E-state index in [0.29, 0.717) is 5.82 Å². The smallest absolute Gasteiger partial charge is 0.280 e. The van der Waals surface area contributed by atoms with Gasteiger partial charge in [0.15, 0.2) is 11.5 Å². The lowest BCUT2D eigenvalue weighted by molar-refractivity contribution is 0.102. The van der Waals surface area contributed by atoms with Crippen molar-refractivity contribution >= 4 is 23.1 Å². The number of aromatic amines is 1. The Hall–Kier alpha value is -3.15. The summed E-state index contributed by atoms with van der Waals surface area (Å²) in [5.74, 6) is 0.0697. The number of nitrogens with one attached hydrogen (secondary N) is 3. The van der Waals surface area contributed by atoms with Gasteiger partial charge in [-0.15, -0.1) is 10.2 Å². The first-order chi connectivity index (χ1) is 11.3. The van der Waals surface area contributed by atoms with Crippen molar-refractivity contribution in [2.45, 2.75) is 13.3 Å². The molecule has 3 aromatic rings. The molecule has 6 heteroatoms. The lowest BCUT2D eigenvalue weighted by Gasteiger charge is -2.06. The van der Waals surface area contributed by atoms with Crippen LogP contribution in [0.4, 0.5) is 17.2 Å². The fourth-order valence-electron chi connectivity index (χ4n) is 2.15. The lowest BCUT2D eigenvalue weighted by atomic mass is 10.1. The third-order valence-corrected chi connectivity index (χ3v) is 3.42. The third kappa shape index (κ3) is 3.55. The van der Waals surface area contributed by atoms with Gasteiger partial charge < -0.3 is 10.6 Å². The van der Waals surface area contributed by atoms with Crippen molar-refractivity contribution in [1.82, 2.24) is 15.4 Å². The third-order valence-electron chi connectivity index (χ3n) is 3.42. The summed E-state index contributed by atoms with van der Waals surface area (Å²) in [6, 6.07) is 17.2. The van der Waals surface area contributed by atoms with E-state index in [1.807, 2.05) is 54.6 Å². The van der Waals surface area contributed by atoms with Gasteiger partial charge >= 0.3 is 0 Å². The summed E-state index contributed by atoms with van der Waals surface area (Å²) in [5.41, 5.74) is 2.99. The van der Waals surface area contributed by atoms with Crippen molar-refractivity contribution in [2.75, 3.05) is 10.6 Å². The van der Waals surface area contributed by atoms with Crippen molar-refractivity contribution in [2.24, 2.45) is 0 Å². The minimum atomic E-state index is -0.318. The van der Waals surface area contributed by atoms with Crippen molar-refractivity contribution in [3.63, 3.8) is 0 Å². The molecule has 116 valence electrons. The van der Waals surface area contributed by atoms with Crippen molar-refractivity contribution in [1.29, 1.82) is 0 Å². The molecule has 1 aromatic heterocycles. The van der Waals surface area contributed by atoms with Crippen molar-refractivity contribution in [3.8, 4) is 0 Å². The van der Waals surface area contributed by atoms with E-state index in [-0.39, 0.29) is 11.6 Å². The Balaban J connectivity index is 1.73. The number of carbonyl (C=O) groups excluding carboxylic acids is 1. The van der Waals surface area contributed by atoms with Gasteiger partial charge in [-0.25, -0.2) is 0 Å². The Morgan fingerprint density at radius 3 is 2.43 bits per heavy atom. The number of carbonyl (C=O) groups is 1. The Labute approximate surface area is 133 Å². The van der Waals surface area contributed by atoms with Crippen LogP contribution >= 0.6 is 0 Å². The molecule has 0 fully saturated rings. The number of nitrogens with zero attached hydrogens (tertiary/aromatic N) is 2. The average molecular weight is 307 g/mol. The molecule has 0 aliphatic carbocycles. The summed E-state index contributed by atoms with van der Waals surface area (Å²) in [5, 5.41) is 16.3. The van der Waals surface area contributed by atoms with E-state index in [4.69, 9.17) is 0 Å². The number of H-pyrrole nitrogens is 1. The number of hydrogen-bond acceptors (Lipinski definition) is 4. The first kappa shape index (κ1) is 14.8. The molecule has 0 unspecified atom stereocenters. The molecule has 0 aliphatic heterocycles. The van der Waals surface area contributed by atoms with E-state index < -0.39 is 0 Å². The van der Waals surface area contributed by atoms with Crippen LogP contribution in [0.15, 0.2) is 54.6 Å². The van der Waals surface area contributed by atoms with Crippen LogP contribution in [-0.4, -0.2) is 21.3 Å². The number of benzene rings is 2. The molecule has 3 N–H and O–H groups in total. The number of rotatable bonds is 5. The molecule has 0 radical (unpaired) electrons. The fraction of sp³-hybridized carbons (Fsp3) is 0.118. The Bertz CT molecular complexity index is 780. The number of para-hydroxylation sites is 1. The molecule has 0 spiro atoms. The maximum atomic E-state index is 12.4. The predicted octanol–water partition coefficient (Wildman–Crippen LogP) is 3.36. The summed E-state index contributed by atoms with van der Waals surface area (Å²) in [7, 11) is 0. The van der Waals surface area contributed by atoms with Crippen LogP contribution in [0.1, 0.15) is 23.0 Å². The molecule has 1 heterocycles. The van der Waals surface area contributed by atoms with Crippen LogP contribution in [-0.2, 0) is 6.42 Å². The Morgan fingerprint density at radius 2 is 1.74 bits per heavy atom. The maximum Gasteiger partial charge on any atom is 0.280 e. The summed E-state index contributed by atoms with van der Waals surface area (Å²) in [4.78, 5) is 12.4. The zero-order valence-corrected chi connectivity index (χ0v) is 12.7. The van der Waals surface area contributed by atoms with Gasteiger partial charge in [-0.2, -0.15) is 5.21 Å². The van der Waals surface area contributed by atoms with Crippen LogP contribution in [0.2, 0.25) is 0 Å². The van der Waals surface area contributed by atoms with E-state index in [0.717, 1.165) is 17.8 Å². The number of anilines is 3. The molecule has 6 nitrogen and oxygen atoms in total. The van der Waals surface area contributed by atoms with Gasteiger partial charge in [-0.05, 0) is 36.2 Å². The largest absolute Gasteiger partial charge is 0.337 e. The van der Waals surface area contributed by atoms with Crippen molar-refractivity contribution < 1.29 is 4.79 Å². The normalized spacial score (nSPS) is 10.3. The van der Waals surface area contributed by atoms with E-state index in [2.05, 4.69) is 33.0 Å². The second-order valence-electron chi connectivity index (χ2n) is 5.02. The fourth-order valence-corrected chi connectivity index (χ4v) is 2.15. The van der Waals surface area contributed by atoms with Gasteiger partial charge in [0, 0.05) is 11.4 Å². The zero-order valence-electron chi connectivity index (χ0n) is 12.7. The molecule has 0 saturated heterocycles. The predicted molar refractivity (Wildman–Crippen MR) is 89.9 cm³/mol. The minimum Gasteiger partial charge on any atom is -0.337 e. The van der Waals surface area contributed by atoms with Crippen LogP contribution in [0.25, 0.3) is 0 Å². The number of amides is 1. The van der Waals surface area contributed by atoms with Crippen LogP contribution in [0, 0.1) is 0 Å². The standard InChI is InChI=1S/C17H17N5O/c1-2-12-8-10-14(11-9-12)19-17(23)15-16(21-22-20-15)18-13-6-4-3-5-7-13/h3-11H,2H2,1H3,(H,19,23)(H2,18,20,21,22). The Morgan fingerprint density at radius 1 is 1.00 bits per heavy atom. The minimum absolute atomic E-state index is 0.216. The van der Waals surface area contributed by atoms with Crippen LogP contribution in [0.5, 0.6) is 0 Å². The molecule has 3 rings (SSSR count). The quantitative estimate of drug-likeness (QED) is 0.675. The van der Waals surface area contributed by atoms with Crippen molar-refractivity contribution in [3.05, 3.63) is 65.9 Å². The molecule has 0 aliphatic rings. The first-order valence-electron chi connectivity index (χ1n) is 7.39. The first-order valence-corrected chi connectivity index (χ1v) is 7.39. The number of aryl methyl sites for hydroxylation is 1. The summed E-state index contributed by atoms with van der Waals surface area (Å²) < 4.78 is 0. The van der Waals surface area contributed by atoms with E-state index in [9.17, 15) is 4.79 Å². The second kappa shape index (κ2) is 6.74. The van der Waals surface area contributed by atoms with E-state index in [1.54, 1.807) is 0 Å². The van der Waals surface area contributed by atoms with Crippen LogP contribution in [0.3, 0.4) is 0 Å². The molecular formula is C17H17N5O. The molecule has 0 saturated carbocycles. The molecule has 23 heavy (non-hydrogen) atoms. The highest BCUT2D eigenvalue weighted by Gasteiger charge is 2.16. The summed E-state index contributed by atoms with van der Waals surface area (Å²) in [6.07, 6.45) is 0.961. The SMILES string of the molecule is CCc1ccc(NC(=O)c2n[nH]nc2Nc2ccccc2)cc1. The van der Waals surface area contributed by atoms with Gasteiger partial charge in [0.25, 0.3) is 5.91 Å². The summed E-state index contributed by atoms with van der Waals surface area (Å²) >= 11 is 0. The molecule has 0 atom stereocenters. The second-order valence-corrected chi connectivity index (χ2v) is 5.02. The van der Waals surface area contributed by atoms with Gasteiger partial charge in [-0.3, -0.25) is 4.79 Å². The van der Waals surface area contributed by atoms with Crippen LogP contribution < -0.4 is 10.6 Å². The maximum absolute atomic E-state index is 12.4. The van der Waals surface area contributed by atoms with Gasteiger partial charge in [0.1, 0.15) is 0 Å². The molecular weight excluding hydrogens is 290 g/mol. The molecule has 0 bridgehead atoms. The van der Waals surface area contributed by atoms with E-state index in [1.165, 1.54) is 5.56 Å². The molecule has 1 amide bonds. The van der Waals surface area contributed by atoms with Gasteiger partial charge in [0.2, 0.25) is 0 Å². The highest BCUT2D eigenvalue weighted by Crippen LogP contribution is 2.18. The monoisotopic (exact) mass is 307 g/mol. The average Bonchev–Trinajstić information content (AvgIpc) is 3.05. The zero-order chi connectivity index (χ0) is 16.1. The van der Waals surface area contributed by atoms with Gasteiger partial charge in [0.05, 0.1) is 0 Å².